The van der Waals surface area contributed by atoms with Crippen molar-refractivity contribution in [3.05, 3.63) is 29.3 Å². The number of hydrogen-bond donors (Lipinski definition) is 0. The van der Waals surface area contributed by atoms with E-state index < -0.39 is 9.84 Å². The molecule has 0 bridgehead atoms. The van der Waals surface area contributed by atoms with E-state index in [1.165, 1.54) is 37.4 Å². The summed E-state index contributed by atoms with van der Waals surface area (Å²) < 4.78 is 24.4. The lowest BCUT2D eigenvalue weighted by atomic mass is 10.0. The standard InChI is InChI=1S/C21H28N2O3S2/c1-14-6-5-9-17(15(14)2)23-18-12-28(25,26)13-19(18)27-21(23)22-20(24)11-10-16-7-3-4-8-16/h5-6,9,16,18-19H,3-4,7-8,10-13H2,1-2H3/t18-,19-/m1/s1. The van der Waals surface area contributed by atoms with Gasteiger partial charge in [-0.25, -0.2) is 8.42 Å². The van der Waals surface area contributed by atoms with Crippen LogP contribution >= 0.6 is 11.8 Å². The Morgan fingerprint density at radius 2 is 1.96 bits per heavy atom. The molecular formula is C21H28N2O3S2. The number of amidine groups is 1. The first-order chi connectivity index (χ1) is 13.3. The zero-order valence-electron chi connectivity index (χ0n) is 16.6. The lowest BCUT2D eigenvalue weighted by Gasteiger charge is -2.27. The molecule has 1 aromatic carbocycles. The third kappa shape index (κ3) is 4.01. The van der Waals surface area contributed by atoms with E-state index in [1.807, 2.05) is 24.0 Å². The van der Waals surface area contributed by atoms with Crippen LogP contribution < -0.4 is 4.90 Å². The van der Waals surface area contributed by atoms with Gasteiger partial charge in [-0.1, -0.05) is 49.6 Å². The van der Waals surface area contributed by atoms with Crippen LogP contribution in [0.25, 0.3) is 0 Å². The number of anilines is 1. The quantitative estimate of drug-likeness (QED) is 0.740. The lowest BCUT2D eigenvalue weighted by Crippen LogP contribution is -2.38. The first-order valence-corrected chi connectivity index (χ1v) is 12.9. The van der Waals surface area contributed by atoms with Gasteiger partial charge in [0.1, 0.15) is 0 Å². The van der Waals surface area contributed by atoms with E-state index in [0.29, 0.717) is 17.5 Å². The van der Waals surface area contributed by atoms with E-state index in [0.717, 1.165) is 23.2 Å². The van der Waals surface area contributed by atoms with E-state index in [2.05, 4.69) is 18.0 Å². The van der Waals surface area contributed by atoms with E-state index >= 15 is 0 Å². The molecule has 152 valence electrons. The smallest absolute Gasteiger partial charge is 0.248 e. The fourth-order valence-corrected chi connectivity index (χ4v) is 8.56. The molecule has 0 spiro atoms. The topological polar surface area (TPSA) is 66.8 Å². The summed E-state index contributed by atoms with van der Waals surface area (Å²) >= 11 is 1.46. The second kappa shape index (κ2) is 7.82. The van der Waals surface area contributed by atoms with Gasteiger partial charge in [0, 0.05) is 17.4 Å². The Labute approximate surface area is 171 Å². The number of fused-ring (bicyclic) bond motifs is 1. The first-order valence-electron chi connectivity index (χ1n) is 10.2. The van der Waals surface area contributed by atoms with Gasteiger partial charge in [-0.2, -0.15) is 4.99 Å². The van der Waals surface area contributed by atoms with Crippen molar-refractivity contribution >= 4 is 38.4 Å². The minimum atomic E-state index is -3.05. The summed E-state index contributed by atoms with van der Waals surface area (Å²) in [5, 5.41) is 0.626. The normalized spacial score (nSPS) is 28.2. The zero-order valence-corrected chi connectivity index (χ0v) is 18.2. The monoisotopic (exact) mass is 420 g/mol. The maximum Gasteiger partial charge on any atom is 0.248 e. The number of hydrogen-bond acceptors (Lipinski definition) is 4. The van der Waals surface area contributed by atoms with Crippen molar-refractivity contribution in [3.8, 4) is 0 Å². The Bertz CT molecular complexity index is 904. The SMILES string of the molecule is Cc1cccc(N2C(=NC(=O)CCC3CCCC3)S[C@@H]3CS(=O)(=O)C[C@H]32)c1C. The van der Waals surface area contributed by atoms with Crippen molar-refractivity contribution in [3.63, 3.8) is 0 Å². The average Bonchev–Trinajstić information content (AvgIpc) is 3.31. The molecule has 4 rings (SSSR count). The van der Waals surface area contributed by atoms with Gasteiger partial charge in [0.2, 0.25) is 5.91 Å². The third-order valence-electron chi connectivity index (χ3n) is 6.36. The highest BCUT2D eigenvalue weighted by Gasteiger charge is 2.49. The van der Waals surface area contributed by atoms with Crippen LogP contribution in [0.3, 0.4) is 0 Å². The van der Waals surface area contributed by atoms with Gasteiger partial charge in [-0.05, 0) is 43.4 Å². The van der Waals surface area contributed by atoms with Crippen LogP contribution in [-0.2, 0) is 14.6 Å². The van der Waals surface area contributed by atoms with Crippen LogP contribution in [0.2, 0.25) is 0 Å². The number of sulfone groups is 1. The van der Waals surface area contributed by atoms with Gasteiger partial charge in [-0.15, -0.1) is 0 Å². The number of amides is 1. The lowest BCUT2D eigenvalue weighted by molar-refractivity contribution is -0.118. The summed E-state index contributed by atoms with van der Waals surface area (Å²) in [5.41, 5.74) is 3.23. The zero-order chi connectivity index (χ0) is 19.9. The highest BCUT2D eigenvalue weighted by molar-refractivity contribution is 8.16. The maximum absolute atomic E-state index is 12.6. The van der Waals surface area contributed by atoms with Crippen LogP contribution in [0.1, 0.15) is 49.7 Å². The molecule has 0 N–H and O–H groups in total. The molecule has 2 aliphatic heterocycles. The average molecular weight is 421 g/mol. The van der Waals surface area contributed by atoms with E-state index in [-0.39, 0.29) is 28.7 Å². The van der Waals surface area contributed by atoms with Crippen LogP contribution in [0.15, 0.2) is 23.2 Å². The van der Waals surface area contributed by atoms with Gasteiger partial charge >= 0.3 is 0 Å². The van der Waals surface area contributed by atoms with Crippen molar-refractivity contribution in [2.75, 3.05) is 16.4 Å². The van der Waals surface area contributed by atoms with Gasteiger partial charge in [0.05, 0.1) is 17.5 Å². The van der Waals surface area contributed by atoms with Crippen molar-refractivity contribution < 1.29 is 13.2 Å². The molecule has 2 atom stereocenters. The molecule has 1 aromatic rings. The Hall–Kier alpha value is -1.34. The fourth-order valence-electron chi connectivity index (χ4n) is 4.63. The molecule has 1 saturated carbocycles. The number of aryl methyl sites for hydroxylation is 1. The highest BCUT2D eigenvalue weighted by Crippen LogP contribution is 2.42. The second-order valence-corrected chi connectivity index (χ2v) is 11.7. The van der Waals surface area contributed by atoms with E-state index in [4.69, 9.17) is 0 Å². The van der Waals surface area contributed by atoms with Gasteiger partial charge in [-0.3, -0.25) is 4.79 Å². The molecule has 2 heterocycles. The molecule has 7 heteroatoms. The maximum atomic E-state index is 12.6. The summed E-state index contributed by atoms with van der Waals surface area (Å²) in [4.78, 5) is 19.1. The van der Waals surface area contributed by atoms with Crippen molar-refractivity contribution in [1.29, 1.82) is 0 Å². The van der Waals surface area contributed by atoms with Crippen molar-refractivity contribution in [1.82, 2.24) is 0 Å². The molecule has 1 amide bonds. The predicted octanol–water partition coefficient (Wildman–Crippen LogP) is 3.88. The number of rotatable bonds is 4. The molecular weight excluding hydrogens is 392 g/mol. The molecule has 28 heavy (non-hydrogen) atoms. The summed E-state index contributed by atoms with van der Waals surface area (Å²) in [6.45, 7) is 4.10. The molecule has 0 aromatic heterocycles. The summed E-state index contributed by atoms with van der Waals surface area (Å²) in [5.74, 6) is 0.888. The van der Waals surface area contributed by atoms with Crippen molar-refractivity contribution in [2.24, 2.45) is 10.9 Å². The van der Waals surface area contributed by atoms with Crippen molar-refractivity contribution in [2.45, 2.75) is 63.7 Å². The minimum Gasteiger partial charge on any atom is -0.315 e. The Balaban J connectivity index is 1.60. The van der Waals surface area contributed by atoms with Crippen LogP contribution in [0.5, 0.6) is 0 Å². The third-order valence-corrected chi connectivity index (χ3v) is 9.57. The van der Waals surface area contributed by atoms with Gasteiger partial charge < -0.3 is 4.90 Å². The van der Waals surface area contributed by atoms with Crippen LogP contribution in [0, 0.1) is 19.8 Å². The second-order valence-electron chi connectivity index (χ2n) is 8.37. The van der Waals surface area contributed by atoms with Gasteiger partial charge in [0.25, 0.3) is 0 Å². The molecule has 5 nitrogen and oxygen atoms in total. The highest BCUT2D eigenvalue weighted by atomic mass is 32.2. The number of nitrogens with zero attached hydrogens (tertiary/aromatic N) is 2. The summed E-state index contributed by atoms with van der Waals surface area (Å²) in [6.07, 6.45) is 6.43. The Morgan fingerprint density at radius 1 is 1.21 bits per heavy atom. The molecule has 3 fully saturated rings. The number of aliphatic imine (C=N–C) groups is 1. The largest absolute Gasteiger partial charge is 0.315 e. The molecule has 0 unspecified atom stereocenters. The van der Waals surface area contributed by atoms with Gasteiger partial charge in [0.15, 0.2) is 15.0 Å². The van der Waals surface area contributed by atoms with Crippen LogP contribution in [-0.4, -0.2) is 42.3 Å². The summed E-state index contributed by atoms with van der Waals surface area (Å²) in [6, 6.07) is 5.90. The van der Waals surface area contributed by atoms with E-state index in [1.54, 1.807) is 0 Å². The number of thioether (sulfide) groups is 1. The van der Waals surface area contributed by atoms with E-state index in [9.17, 15) is 13.2 Å². The minimum absolute atomic E-state index is 0.0497. The molecule has 2 saturated heterocycles. The molecule has 0 radical (unpaired) electrons. The Morgan fingerprint density at radius 3 is 2.71 bits per heavy atom. The fraction of sp³-hybridized carbons (Fsp3) is 0.619. The summed E-state index contributed by atoms with van der Waals surface area (Å²) in [7, 11) is -3.05. The number of carbonyl (C=O) groups excluding carboxylic acids is 1. The molecule has 1 aliphatic carbocycles. The number of carbonyl (C=O) groups is 1. The Kier molecular flexibility index (Phi) is 5.58. The predicted molar refractivity (Wildman–Crippen MR) is 116 cm³/mol. The first kappa shape index (κ1) is 20.0. The molecule has 3 aliphatic rings. The van der Waals surface area contributed by atoms with Crippen LogP contribution in [0.4, 0.5) is 5.69 Å². The number of benzene rings is 1.